The molecule has 0 saturated carbocycles. The first-order valence-corrected chi connectivity index (χ1v) is 8.39. The molecule has 0 saturated heterocycles. The van der Waals surface area contributed by atoms with Crippen LogP contribution in [0.1, 0.15) is 18.1 Å². The number of hydrogen-bond acceptors (Lipinski definition) is 4. The SMILES string of the molecule is CCOCCOc1ccc(OCC(=O)Nc2ccc(C)cc2C)cc1. The molecule has 134 valence electrons. The molecular formula is C20H25NO4. The van der Waals surface area contributed by atoms with Crippen molar-refractivity contribution in [2.45, 2.75) is 20.8 Å². The largest absolute Gasteiger partial charge is 0.491 e. The van der Waals surface area contributed by atoms with Crippen LogP contribution in [0.15, 0.2) is 42.5 Å². The molecule has 2 rings (SSSR count). The monoisotopic (exact) mass is 343 g/mol. The Bertz CT molecular complexity index is 683. The number of rotatable bonds is 9. The van der Waals surface area contributed by atoms with Gasteiger partial charge in [0.05, 0.1) is 6.61 Å². The van der Waals surface area contributed by atoms with Crippen molar-refractivity contribution in [3.05, 3.63) is 53.6 Å². The Kier molecular flexibility index (Phi) is 7.29. The quantitative estimate of drug-likeness (QED) is 0.705. The lowest BCUT2D eigenvalue weighted by molar-refractivity contribution is -0.118. The van der Waals surface area contributed by atoms with E-state index in [1.165, 1.54) is 0 Å². The van der Waals surface area contributed by atoms with E-state index < -0.39 is 0 Å². The third-order valence-electron chi connectivity index (χ3n) is 3.55. The molecule has 0 unspecified atom stereocenters. The zero-order valence-electron chi connectivity index (χ0n) is 15.0. The summed E-state index contributed by atoms with van der Waals surface area (Å²) in [5.41, 5.74) is 2.99. The van der Waals surface area contributed by atoms with Crippen molar-refractivity contribution in [1.29, 1.82) is 0 Å². The number of carbonyl (C=O) groups excluding carboxylic acids is 1. The van der Waals surface area contributed by atoms with Gasteiger partial charge in [0, 0.05) is 12.3 Å². The van der Waals surface area contributed by atoms with Crippen LogP contribution in [0.3, 0.4) is 0 Å². The number of aryl methyl sites for hydroxylation is 2. The molecule has 0 fully saturated rings. The second-order valence-electron chi connectivity index (χ2n) is 5.67. The van der Waals surface area contributed by atoms with Crippen LogP contribution in [0.2, 0.25) is 0 Å². The molecule has 1 N–H and O–H groups in total. The maximum Gasteiger partial charge on any atom is 0.262 e. The van der Waals surface area contributed by atoms with Crippen molar-refractivity contribution in [3.8, 4) is 11.5 Å². The summed E-state index contributed by atoms with van der Waals surface area (Å²) in [7, 11) is 0. The number of amides is 1. The van der Waals surface area contributed by atoms with Crippen LogP contribution in [0, 0.1) is 13.8 Å². The van der Waals surface area contributed by atoms with Crippen LogP contribution in [-0.2, 0) is 9.53 Å². The van der Waals surface area contributed by atoms with Gasteiger partial charge in [0.1, 0.15) is 18.1 Å². The molecule has 0 spiro atoms. The standard InChI is InChI=1S/C20H25NO4/c1-4-23-11-12-24-17-6-8-18(9-7-17)25-14-20(22)21-19-10-5-15(2)13-16(19)3/h5-10,13H,4,11-12,14H2,1-3H3,(H,21,22). The second-order valence-corrected chi connectivity index (χ2v) is 5.67. The summed E-state index contributed by atoms with van der Waals surface area (Å²) in [4.78, 5) is 12.0. The Morgan fingerprint density at radius 3 is 2.28 bits per heavy atom. The Morgan fingerprint density at radius 1 is 0.960 bits per heavy atom. The van der Waals surface area contributed by atoms with E-state index in [4.69, 9.17) is 14.2 Å². The molecule has 2 aromatic carbocycles. The normalized spacial score (nSPS) is 10.4. The second kappa shape index (κ2) is 9.69. The molecule has 0 radical (unpaired) electrons. The number of ether oxygens (including phenoxy) is 3. The van der Waals surface area contributed by atoms with E-state index in [9.17, 15) is 4.79 Å². The van der Waals surface area contributed by atoms with E-state index in [0.29, 0.717) is 25.6 Å². The molecule has 1 amide bonds. The molecule has 0 aromatic heterocycles. The Balaban J connectivity index is 1.77. The molecule has 5 heteroatoms. The third-order valence-corrected chi connectivity index (χ3v) is 3.55. The fourth-order valence-electron chi connectivity index (χ4n) is 2.28. The van der Waals surface area contributed by atoms with E-state index in [1.807, 2.05) is 51.1 Å². The van der Waals surface area contributed by atoms with Crippen molar-refractivity contribution in [3.63, 3.8) is 0 Å². The minimum atomic E-state index is -0.191. The van der Waals surface area contributed by atoms with Gasteiger partial charge in [-0.1, -0.05) is 17.7 Å². The van der Waals surface area contributed by atoms with E-state index >= 15 is 0 Å². The molecule has 5 nitrogen and oxygen atoms in total. The van der Waals surface area contributed by atoms with Crippen molar-refractivity contribution >= 4 is 11.6 Å². The number of anilines is 1. The average molecular weight is 343 g/mol. The van der Waals surface area contributed by atoms with Crippen LogP contribution in [0.4, 0.5) is 5.69 Å². The summed E-state index contributed by atoms with van der Waals surface area (Å²) in [6.45, 7) is 7.64. The Morgan fingerprint density at radius 2 is 1.64 bits per heavy atom. The first-order chi connectivity index (χ1) is 12.1. The van der Waals surface area contributed by atoms with Gasteiger partial charge >= 0.3 is 0 Å². The maximum atomic E-state index is 12.0. The fraction of sp³-hybridized carbons (Fsp3) is 0.350. The number of hydrogen-bond donors (Lipinski definition) is 1. The zero-order valence-corrected chi connectivity index (χ0v) is 15.0. The van der Waals surface area contributed by atoms with E-state index in [1.54, 1.807) is 12.1 Å². The van der Waals surface area contributed by atoms with Gasteiger partial charge in [0.15, 0.2) is 6.61 Å². The van der Waals surface area contributed by atoms with Crippen molar-refractivity contribution in [2.75, 3.05) is 31.7 Å². The van der Waals surface area contributed by atoms with E-state index in [0.717, 1.165) is 22.6 Å². The predicted molar refractivity (Wildman–Crippen MR) is 98.5 cm³/mol. The van der Waals surface area contributed by atoms with Gasteiger partial charge in [0.2, 0.25) is 0 Å². The van der Waals surface area contributed by atoms with Gasteiger partial charge < -0.3 is 19.5 Å². The summed E-state index contributed by atoms with van der Waals surface area (Å²) >= 11 is 0. The smallest absolute Gasteiger partial charge is 0.262 e. The minimum Gasteiger partial charge on any atom is -0.491 e. The van der Waals surface area contributed by atoms with Gasteiger partial charge in [0.25, 0.3) is 5.91 Å². The van der Waals surface area contributed by atoms with Gasteiger partial charge in [-0.2, -0.15) is 0 Å². The van der Waals surface area contributed by atoms with Gasteiger partial charge in [-0.25, -0.2) is 0 Å². The lowest BCUT2D eigenvalue weighted by Gasteiger charge is -2.11. The van der Waals surface area contributed by atoms with Crippen LogP contribution in [-0.4, -0.2) is 32.3 Å². The highest BCUT2D eigenvalue weighted by atomic mass is 16.5. The lowest BCUT2D eigenvalue weighted by Crippen LogP contribution is -2.20. The molecule has 25 heavy (non-hydrogen) atoms. The summed E-state index contributed by atoms with van der Waals surface area (Å²) in [6, 6.07) is 13.1. The fourth-order valence-corrected chi connectivity index (χ4v) is 2.28. The summed E-state index contributed by atoms with van der Waals surface area (Å²) < 4.78 is 16.3. The molecule has 0 aliphatic carbocycles. The Labute approximate surface area is 148 Å². The van der Waals surface area contributed by atoms with Crippen LogP contribution >= 0.6 is 0 Å². The molecule has 0 heterocycles. The summed E-state index contributed by atoms with van der Waals surface area (Å²) in [5, 5.41) is 2.86. The van der Waals surface area contributed by atoms with Crippen molar-refractivity contribution in [2.24, 2.45) is 0 Å². The first-order valence-electron chi connectivity index (χ1n) is 8.39. The molecule has 0 aliphatic heterocycles. The maximum absolute atomic E-state index is 12.0. The van der Waals surface area contributed by atoms with Crippen LogP contribution in [0.25, 0.3) is 0 Å². The van der Waals surface area contributed by atoms with Crippen LogP contribution in [0.5, 0.6) is 11.5 Å². The van der Waals surface area contributed by atoms with Gasteiger partial charge in [-0.15, -0.1) is 0 Å². The number of benzene rings is 2. The van der Waals surface area contributed by atoms with E-state index in [-0.39, 0.29) is 12.5 Å². The minimum absolute atomic E-state index is 0.0438. The van der Waals surface area contributed by atoms with Gasteiger partial charge in [-0.05, 0) is 56.7 Å². The third kappa shape index (κ3) is 6.47. The Hall–Kier alpha value is -2.53. The molecule has 0 aliphatic rings. The molecule has 2 aromatic rings. The van der Waals surface area contributed by atoms with Crippen molar-refractivity contribution in [1.82, 2.24) is 0 Å². The zero-order chi connectivity index (χ0) is 18.1. The molecule has 0 atom stereocenters. The summed E-state index contributed by atoms with van der Waals surface area (Å²) in [5.74, 6) is 1.17. The topological polar surface area (TPSA) is 56.8 Å². The number of carbonyl (C=O) groups is 1. The average Bonchev–Trinajstić information content (AvgIpc) is 2.60. The highest BCUT2D eigenvalue weighted by Crippen LogP contribution is 2.18. The molecule has 0 bridgehead atoms. The molecular weight excluding hydrogens is 318 g/mol. The summed E-state index contributed by atoms with van der Waals surface area (Å²) in [6.07, 6.45) is 0. The lowest BCUT2D eigenvalue weighted by atomic mass is 10.1. The van der Waals surface area contributed by atoms with Crippen LogP contribution < -0.4 is 14.8 Å². The first kappa shape index (κ1) is 18.8. The highest BCUT2D eigenvalue weighted by Gasteiger charge is 2.06. The highest BCUT2D eigenvalue weighted by molar-refractivity contribution is 5.92. The van der Waals surface area contributed by atoms with Gasteiger partial charge in [-0.3, -0.25) is 4.79 Å². The number of nitrogens with one attached hydrogen (secondary N) is 1. The van der Waals surface area contributed by atoms with Crippen molar-refractivity contribution < 1.29 is 19.0 Å². The van der Waals surface area contributed by atoms with E-state index in [2.05, 4.69) is 5.32 Å². The predicted octanol–water partition coefficient (Wildman–Crippen LogP) is 3.74.